The fourth-order valence-corrected chi connectivity index (χ4v) is 7.29. The van der Waals surface area contributed by atoms with E-state index in [-0.39, 0.29) is 31.7 Å². The van der Waals surface area contributed by atoms with E-state index in [2.05, 4.69) is 26.6 Å². The fraction of sp³-hybridized carbons (Fsp3) is 0.479. The molecule has 4 rings (SSSR count). The van der Waals surface area contributed by atoms with Crippen LogP contribution in [-0.2, 0) is 39.0 Å². The number of benzene rings is 3. The smallest absolute Gasteiger partial charge is 0.410 e. The maximum Gasteiger partial charge on any atom is 0.410 e. The van der Waals surface area contributed by atoms with Gasteiger partial charge in [0.1, 0.15) is 41.2 Å². The van der Waals surface area contributed by atoms with Crippen molar-refractivity contribution in [3.63, 3.8) is 0 Å². The van der Waals surface area contributed by atoms with Crippen LogP contribution < -0.4 is 26.6 Å². The lowest BCUT2D eigenvalue weighted by atomic mass is 9.77. The Morgan fingerprint density at radius 1 is 0.714 bits per heavy atom. The maximum atomic E-state index is 14.0. The summed E-state index contributed by atoms with van der Waals surface area (Å²) in [5.41, 5.74) is -0.0459. The predicted molar refractivity (Wildman–Crippen MR) is 238 cm³/mol. The van der Waals surface area contributed by atoms with Gasteiger partial charge in [-0.15, -0.1) is 0 Å². The second-order valence-corrected chi connectivity index (χ2v) is 17.7. The second kappa shape index (κ2) is 22.7. The number of unbranched alkanes of at least 4 members (excludes halogenated alkanes) is 1. The van der Waals surface area contributed by atoms with Gasteiger partial charge in [-0.05, 0) is 104 Å². The Kier molecular flexibility index (Phi) is 17.8. The van der Waals surface area contributed by atoms with Gasteiger partial charge in [-0.2, -0.15) is 0 Å². The van der Waals surface area contributed by atoms with Crippen molar-refractivity contribution in [2.24, 2.45) is 0 Å². The highest BCUT2D eigenvalue weighted by Crippen LogP contribution is 2.37. The minimum Gasteiger partial charge on any atom is -0.444 e. The van der Waals surface area contributed by atoms with Gasteiger partial charge in [-0.25, -0.2) is 9.59 Å². The minimum atomic E-state index is -1.15. The lowest BCUT2D eigenvalue weighted by Crippen LogP contribution is -2.56. The first kappa shape index (κ1) is 49.4. The van der Waals surface area contributed by atoms with Gasteiger partial charge in [0.2, 0.25) is 23.6 Å². The normalized spacial score (nSPS) is 15.5. The molecule has 0 aromatic heterocycles. The zero-order valence-electron chi connectivity index (χ0n) is 37.5. The summed E-state index contributed by atoms with van der Waals surface area (Å²) >= 11 is 0. The number of rotatable bonds is 19. The Balaban J connectivity index is 1.45. The summed E-state index contributed by atoms with van der Waals surface area (Å²) in [5, 5.41) is 14.0. The van der Waals surface area contributed by atoms with Crippen LogP contribution in [0, 0.1) is 0 Å². The van der Waals surface area contributed by atoms with Crippen molar-refractivity contribution < 1.29 is 43.0 Å². The number of carbonyl (C=O) groups is 7. The molecule has 15 nitrogen and oxygen atoms in total. The molecule has 340 valence electrons. The molecular weight excluding hydrogens is 805 g/mol. The standard InChI is InChI=1S/C48H64N6O9/c1-33(50-43(59)39-27-19-31-54(39)45(61)63-47(5,6)7)41(57)52-38(26-17-18-30-49-44(60)62-46(2,3)4)42(58)51-37(32-55)28-29-40(56)53-48(34-20-11-8-12-21-34,35-22-13-9-14-23-35)36-24-15-10-16-25-36/h8-16,20-25,32-33,37-39H,17-19,26-31H2,1-7H3,(H,49,60)(H,50,59)(H,51,58)(H,52,57)(H,53,56)/t33-,37-,38-,39-/m0/s1. The molecule has 1 heterocycles. The molecule has 3 aromatic rings. The van der Waals surface area contributed by atoms with Gasteiger partial charge in [-0.1, -0.05) is 91.0 Å². The molecule has 0 bridgehead atoms. The van der Waals surface area contributed by atoms with Gasteiger partial charge in [0, 0.05) is 19.5 Å². The molecule has 4 atom stereocenters. The highest BCUT2D eigenvalue weighted by atomic mass is 16.6. The van der Waals surface area contributed by atoms with E-state index in [0.717, 1.165) is 16.7 Å². The largest absolute Gasteiger partial charge is 0.444 e. The first-order chi connectivity index (χ1) is 29.8. The van der Waals surface area contributed by atoms with E-state index in [9.17, 15) is 33.6 Å². The number of nitrogens with zero attached hydrogens (tertiary/aromatic N) is 1. The summed E-state index contributed by atoms with van der Waals surface area (Å²) in [6.07, 6.45) is 1.04. The molecule has 5 N–H and O–H groups in total. The molecule has 15 heteroatoms. The number of likely N-dealkylation sites (tertiary alicyclic amines) is 1. The number of ether oxygens (including phenoxy) is 2. The number of hydrogen-bond acceptors (Lipinski definition) is 9. The Bertz CT molecular complexity index is 1900. The molecule has 0 unspecified atom stereocenters. The Morgan fingerprint density at radius 2 is 1.25 bits per heavy atom. The Hall–Kier alpha value is -6.25. The number of nitrogens with one attached hydrogen (secondary N) is 5. The third-order valence-corrected chi connectivity index (χ3v) is 10.3. The van der Waals surface area contributed by atoms with Gasteiger partial charge >= 0.3 is 12.2 Å². The molecule has 63 heavy (non-hydrogen) atoms. The topological polar surface area (TPSA) is 201 Å². The van der Waals surface area contributed by atoms with Crippen molar-refractivity contribution in [2.45, 2.75) is 134 Å². The van der Waals surface area contributed by atoms with Crippen molar-refractivity contribution in [2.75, 3.05) is 13.1 Å². The Morgan fingerprint density at radius 3 is 1.76 bits per heavy atom. The lowest BCUT2D eigenvalue weighted by Gasteiger charge is -2.37. The van der Waals surface area contributed by atoms with E-state index in [1.165, 1.54) is 11.8 Å². The van der Waals surface area contributed by atoms with Crippen molar-refractivity contribution >= 4 is 42.1 Å². The molecule has 1 aliphatic heterocycles. The third kappa shape index (κ3) is 15.0. The first-order valence-electron chi connectivity index (χ1n) is 21.6. The lowest BCUT2D eigenvalue weighted by molar-refractivity contribution is -0.133. The van der Waals surface area contributed by atoms with Gasteiger partial charge in [-0.3, -0.25) is 24.1 Å². The van der Waals surface area contributed by atoms with Crippen LogP contribution in [0.4, 0.5) is 9.59 Å². The number of aldehydes is 1. The van der Waals surface area contributed by atoms with Crippen LogP contribution in [0.3, 0.4) is 0 Å². The first-order valence-corrected chi connectivity index (χ1v) is 21.6. The zero-order valence-corrected chi connectivity index (χ0v) is 37.5. The van der Waals surface area contributed by atoms with Crippen LogP contribution >= 0.6 is 0 Å². The van der Waals surface area contributed by atoms with Crippen molar-refractivity contribution in [3.8, 4) is 0 Å². The average molecular weight is 869 g/mol. The molecule has 0 radical (unpaired) electrons. The average Bonchev–Trinajstić information content (AvgIpc) is 3.74. The van der Waals surface area contributed by atoms with E-state index in [4.69, 9.17) is 9.47 Å². The van der Waals surface area contributed by atoms with Gasteiger partial charge in [0.15, 0.2) is 0 Å². The molecule has 6 amide bonds. The molecule has 1 saturated heterocycles. The summed E-state index contributed by atoms with van der Waals surface area (Å²) in [5.74, 6) is -2.24. The molecular formula is C48H64N6O9. The van der Waals surface area contributed by atoms with Crippen LogP contribution in [0.5, 0.6) is 0 Å². The van der Waals surface area contributed by atoms with Crippen LogP contribution in [0.15, 0.2) is 91.0 Å². The number of amides is 6. The molecule has 1 aliphatic rings. The third-order valence-electron chi connectivity index (χ3n) is 10.3. The van der Waals surface area contributed by atoms with E-state index >= 15 is 0 Å². The molecule has 1 fully saturated rings. The second-order valence-electron chi connectivity index (χ2n) is 17.7. The van der Waals surface area contributed by atoms with Crippen molar-refractivity contribution in [1.82, 2.24) is 31.5 Å². The van der Waals surface area contributed by atoms with E-state index in [0.29, 0.717) is 38.5 Å². The van der Waals surface area contributed by atoms with Gasteiger partial charge in [0.05, 0.1) is 6.04 Å². The van der Waals surface area contributed by atoms with Crippen LogP contribution in [0.2, 0.25) is 0 Å². The highest BCUT2D eigenvalue weighted by molar-refractivity contribution is 5.94. The van der Waals surface area contributed by atoms with Crippen LogP contribution in [0.1, 0.15) is 110 Å². The minimum absolute atomic E-state index is 0.0437. The molecule has 0 aliphatic carbocycles. The molecule has 0 spiro atoms. The summed E-state index contributed by atoms with van der Waals surface area (Å²) in [6.45, 7) is 12.5. The van der Waals surface area contributed by atoms with Crippen LogP contribution in [-0.4, -0.2) is 95.5 Å². The van der Waals surface area contributed by atoms with E-state index < -0.39 is 70.8 Å². The maximum absolute atomic E-state index is 14.0. The number of hydrogen-bond donors (Lipinski definition) is 5. The monoisotopic (exact) mass is 868 g/mol. The summed E-state index contributed by atoms with van der Waals surface area (Å²) in [7, 11) is 0. The van der Waals surface area contributed by atoms with E-state index in [1.54, 1.807) is 41.5 Å². The SMILES string of the molecule is C[C@H](NC(=O)[C@@H]1CCCN1C(=O)OC(C)(C)C)C(=O)N[C@@H](CCCCNC(=O)OC(C)(C)C)C(=O)N[C@H](C=O)CCC(=O)NC(c1ccccc1)(c1ccccc1)c1ccccc1. The van der Waals surface area contributed by atoms with Crippen molar-refractivity contribution in [1.29, 1.82) is 0 Å². The summed E-state index contributed by atoms with van der Waals surface area (Å²) in [6, 6.07) is 24.6. The number of alkyl carbamates (subject to hydrolysis) is 1. The molecule has 3 aromatic carbocycles. The predicted octanol–water partition coefficient (Wildman–Crippen LogP) is 5.64. The zero-order chi connectivity index (χ0) is 46.2. The highest BCUT2D eigenvalue weighted by Gasteiger charge is 2.39. The van der Waals surface area contributed by atoms with E-state index in [1.807, 2.05) is 91.0 Å². The fourth-order valence-electron chi connectivity index (χ4n) is 7.29. The van der Waals surface area contributed by atoms with Crippen LogP contribution in [0.25, 0.3) is 0 Å². The van der Waals surface area contributed by atoms with Gasteiger partial charge in [0.25, 0.3) is 0 Å². The summed E-state index contributed by atoms with van der Waals surface area (Å²) in [4.78, 5) is 93.5. The van der Waals surface area contributed by atoms with Crippen molar-refractivity contribution in [3.05, 3.63) is 108 Å². The van der Waals surface area contributed by atoms with Gasteiger partial charge < -0.3 is 40.9 Å². The molecule has 0 saturated carbocycles. The Labute approximate surface area is 370 Å². The quantitative estimate of drug-likeness (QED) is 0.0574. The number of carbonyl (C=O) groups excluding carboxylic acids is 7. The summed E-state index contributed by atoms with van der Waals surface area (Å²) < 4.78 is 10.8.